The van der Waals surface area contributed by atoms with Crippen molar-refractivity contribution in [2.24, 2.45) is 5.92 Å². The van der Waals surface area contributed by atoms with Crippen molar-refractivity contribution in [1.29, 1.82) is 0 Å². The fraction of sp³-hybridized carbons (Fsp3) is 0.474. The topological polar surface area (TPSA) is 68.5 Å². The Balaban J connectivity index is 1.43. The monoisotopic (exact) mass is 339 g/mol. The van der Waals surface area contributed by atoms with Gasteiger partial charge < -0.3 is 20.5 Å². The predicted molar refractivity (Wildman–Crippen MR) is 99.0 cm³/mol. The van der Waals surface area contributed by atoms with Crippen LogP contribution in [0.4, 0.5) is 17.3 Å². The number of rotatable bonds is 3. The third-order valence-corrected chi connectivity index (χ3v) is 5.25. The van der Waals surface area contributed by atoms with Crippen molar-refractivity contribution in [3.8, 4) is 0 Å². The first-order valence-electron chi connectivity index (χ1n) is 9.16. The minimum absolute atomic E-state index is 0.277. The average Bonchev–Trinajstić information content (AvgIpc) is 2.63. The van der Waals surface area contributed by atoms with Crippen LogP contribution in [-0.4, -0.2) is 29.6 Å². The number of aromatic nitrogens is 2. The number of quaternary nitrogens is 1. The molecule has 3 heterocycles. The summed E-state index contributed by atoms with van der Waals surface area (Å²) in [4.78, 5) is 11.4. The van der Waals surface area contributed by atoms with Crippen molar-refractivity contribution in [1.82, 2.24) is 9.97 Å². The zero-order chi connectivity index (χ0) is 17.2. The summed E-state index contributed by atoms with van der Waals surface area (Å²) >= 11 is 0. The van der Waals surface area contributed by atoms with Crippen LogP contribution in [0.5, 0.6) is 0 Å². The Labute approximate surface area is 148 Å². The average molecular weight is 339 g/mol. The molecule has 2 N–H and O–H groups in total. The molecule has 6 heteroatoms. The van der Waals surface area contributed by atoms with Gasteiger partial charge in [0.05, 0.1) is 12.2 Å². The third-order valence-electron chi connectivity index (χ3n) is 5.25. The van der Waals surface area contributed by atoms with Gasteiger partial charge in [-0.3, -0.25) is 0 Å². The van der Waals surface area contributed by atoms with E-state index in [1.54, 1.807) is 6.20 Å². The molecule has 1 saturated heterocycles. The number of hydroxylamine groups is 2. The molecular formula is C19H25N5O. The summed E-state index contributed by atoms with van der Waals surface area (Å²) < 4.78 is 0. The predicted octanol–water partition coefficient (Wildman–Crippen LogP) is 1.90. The van der Waals surface area contributed by atoms with E-state index in [0.717, 1.165) is 42.4 Å². The lowest BCUT2D eigenvalue weighted by Crippen LogP contribution is -3.06. The Hall–Kier alpha value is -2.18. The van der Waals surface area contributed by atoms with Crippen LogP contribution in [0.1, 0.15) is 31.0 Å². The van der Waals surface area contributed by atoms with E-state index in [2.05, 4.69) is 51.4 Å². The highest BCUT2D eigenvalue weighted by Gasteiger charge is 2.17. The molecule has 1 unspecified atom stereocenters. The molecule has 25 heavy (non-hydrogen) atoms. The van der Waals surface area contributed by atoms with Gasteiger partial charge in [0, 0.05) is 42.6 Å². The van der Waals surface area contributed by atoms with Crippen LogP contribution < -0.4 is 15.3 Å². The van der Waals surface area contributed by atoms with E-state index >= 15 is 0 Å². The number of piperidine rings is 1. The molecule has 2 aliphatic rings. The van der Waals surface area contributed by atoms with Crippen molar-refractivity contribution in [2.45, 2.75) is 32.7 Å². The molecule has 0 spiro atoms. The Morgan fingerprint density at radius 3 is 2.72 bits per heavy atom. The van der Waals surface area contributed by atoms with Crippen molar-refractivity contribution in [3.05, 3.63) is 46.9 Å². The minimum Gasteiger partial charge on any atom is -0.634 e. The molecule has 0 amide bonds. The maximum Gasteiger partial charge on any atom is 0.227 e. The largest absolute Gasteiger partial charge is 0.634 e. The molecule has 1 aromatic heterocycles. The summed E-state index contributed by atoms with van der Waals surface area (Å²) in [6.45, 7) is 5.67. The highest BCUT2D eigenvalue weighted by atomic mass is 16.5. The number of hydrogen-bond donors (Lipinski definition) is 2. The van der Waals surface area contributed by atoms with Crippen LogP contribution in [0.3, 0.4) is 0 Å². The molecule has 2 aliphatic heterocycles. The van der Waals surface area contributed by atoms with E-state index in [0.29, 0.717) is 19.0 Å². The van der Waals surface area contributed by atoms with E-state index in [1.165, 1.54) is 18.5 Å². The number of nitrogens with one attached hydrogen (secondary N) is 2. The van der Waals surface area contributed by atoms with E-state index in [9.17, 15) is 5.21 Å². The van der Waals surface area contributed by atoms with E-state index in [4.69, 9.17) is 0 Å². The molecule has 1 aromatic carbocycles. The highest BCUT2D eigenvalue weighted by molar-refractivity contribution is 5.59. The zero-order valence-electron chi connectivity index (χ0n) is 14.7. The number of fused-ring (bicyclic) bond motifs is 1. The van der Waals surface area contributed by atoms with Crippen molar-refractivity contribution in [3.63, 3.8) is 0 Å². The highest BCUT2D eigenvalue weighted by Crippen LogP contribution is 2.25. The lowest BCUT2D eigenvalue weighted by molar-refractivity contribution is -0.864. The van der Waals surface area contributed by atoms with Gasteiger partial charge in [0.25, 0.3) is 0 Å². The van der Waals surface area contributed by atoms with Crippen molar-refractivity contribution in [2.75, 3.05) is 29.9 Å². The number of nitrogens with zero attached hydrogens (tertiary/aromatic N) is 3. The lowest BCUT2D eigenvalue weighted by Gasteiger charge is -2.32. The smallest absolute Gasteiger partial charge is 0.227 e. The zero-order valence-corrected chi connectivity index (χ0v) is 14.7. The van der Waals surface area contributed by atoms with Crippen molar-refractivity contribution >= 4 is 17.3 Å². The van der Waals surface area contributed by atoms with Gasteiger partial charge in [0.1, 0.15) is 6.54 Å². The SMILES string of the molecule is CC1CCN(c2ccc(Nc3ncc4c(n3)CC[NH+]([O-])C4)cc2)CC1. The second-order valence-corrected chi connectivity index (χ2v) is 7.22. The van der Waals surface area contributed by atoms with Gasteiger partial charge in [-0.15, -0.1) is 0 Å². The third kappa shape index (κ3) is 3.75. The first kappa shape index (κ1) is 16.3. The number of hydrogen-bond acceptors (Lipinski definition) is 5. The normalized spacial score (nSPS) is 21.0. The van der Waals surface area contributed by atoms with E-state index in [1.807, 2.05) is 0 Å². The Bertz CT molecular complexity index is 725. The second-order valence-electron chi connectivity index (χ2n) is 7.22. The fourth-order valence-electron chi connectivity index (χ4n) is 3.58. The van der Waals surface area contributed by atoms with Gasteiger partial charge in [-0.2, -0.15) is 0 Å². The second kappa shape index (κ2) is 6.98. The first-order valence-corrected chi connectivity index (χ1v) is 9.16. The van der Waals surface area contributed by atoms with Gasteiger partial charge in [-0.1, -0.05) is 6.92 Å². The summed E-state index contributed by atoms with van der Waals surface area (Å²) in [7, 11) is 0. The summed E-state index contributed by atoms with van der Waals surface area (Å²) in [6.07, 6.45) is 5.04. The van der Waals surface area contributed by atoms with Crippen LogP contribution in [0, 0.1) is 11.1 Å². The van der Waals surface area contributed by atoms with Gasteiger partial charge >= 0.3 is 0 Å². The van der Waals surface area contributed by atoms with Crippen LogP contribution in [-0.2, 0) is 13.0 Å². The molecule has 0 saturated carbocycles. The Morgan fingerprint density at radius 2 is 1.96 bits per heavy atom. The molecule has 132 valence electrons. The number of anilines is 3. The van der Waals surface area contributed by atoms with Gasteiger partial charge in [0.2, 0.25) is 5.95 Å². The molecular weight excluding hydrogens is 314 g/mol. The van der Waals surface area contributed by atoms with Crippen LogP contribution >= 0.6 is 0 Å². The van der Waals surface area contributed by atoms with Crippen LogP contribution in [0.15, 0.2) is 30.5 Å². The molecule has 6 nitrogen and oxygen atoms in total. The Morgan fingerprint density at radius 1 is 1.20 bits per heavy atom. The molecule has 4 rings (SSSR count). The summed E-state index contributed by atoms with van der Waals surface area (Å²) in [5, 5.41) is 15.1. The van der Waals surface area contributed by atoms with Crippen LogP contribution in [0.2, 0.25) is 0 Å². The molecule has 1 atom stereocenters. The molecule has 0 radical (unpaired) electrons. The van der Waals surface area contributed by atoms with Gasteiger partial charge in [-0.25, -0.2) is 9.97 Å². The standard InChI is InChI=1S/C19H25N5O/c1-14-6-9-23(10-7-14)17-4-2-16(3-5-17)21-19-20-12-15-13-24(25)11-8-18(15)22-19/h2-5,12,14,24H,6-11,13H2,1H3,(H,20,21,22). The molecule has 1 fully saturated rings. The van der Waals surface area contributed by atoms with E-state index < -0.39 is 0 Å². The maximum absolute atomic E-state index is 11.5. The summed E-state index contributed by atoms with van der Waals surface area (Å²) in [6, 6.07) is 8.49. The number of benzene rings is 1. The Kier molecular flexibility index (Phi) is 4.55. The van der Waals surface area contributed by atoms with Gasteiger partial charge in [0.15, 0.2) is 0 Å². The first-order chi connectivity index (χ1) is 12.2. The fourth-order valence-corrected chi connectivity index (χ4v) is 3.58. The molecule has 0 bridgehead atoms. The maximum atomic E-state index is 11.5. The molecule has 0 aliphatic carbocycles. The van der Waals surface area contributed by atoms with E-state index in [-0.39, 0.29) is 5.06 Å². The summed E-state index contributed by atoms with van der Waals surface area (Å²) in [5.41, 5.74) is 4.23. The van der Waals surface area contributed by atoms with Crippen LogP contribution in [0.25, 0.3) is 0 Å². The van der Waals surface area contributed by atoms with Crippen molar-refractivity contribution < 1.29 is 5.06 Å². The summed E-state index contributed by atoms with van der Waals surface area (Å²) in [5.74, 6) is 1.45. The quantitative estimate of drug-likeness (QED) is 0.836. The molecule has 2 aromatic rings. The van der Waals surface area contributed by atoms with Gasteiger partial charge in [-0.05, 0) is 43.0 Å². The lowest BCUT2D eigenvalue weighted by atomic mass is 9.99. The minimum atomic E-state index is 0.277.